The number of ether oxygens (including phenoxy) is 2. The lowest BCUT2D eigenvalue weighted by Gasteiger charge is -2.19. The molecule has 5 rings (SSSR count). The molecule has 0 fully saturated rings. The topological polar surface area (TPSA) is 109 Å². The lowest BCUT2D eigenvalue weighted by molar-refractivity contribution is -0.120. The summed E-state index contributed by atoms with van der Waals surface area (Å²) in [5.74, 6) is -1.02. The maximum absolute atomic E-state index is 13.3. The Bertz CT molecular complexity index is 1660. The van der Waals surface area contributed by atoms with Gasteiger partial charge in [0.15, 0.2) is 0 Å². The number of amides is 3. The highest BCUT2D eigenvalue weighted by Gasteiger charge is 2.40. The molecule has 1 aliphatic rings. The molecule has 0 saturated carbocycles. The van der Waals surface area contributed by atoms with Crippen molar-refractivity contribution in [3.63, 3.8) is 0 Å². The van der Waals surface area contributed by atoms with E-state index in [1.807, 2.05) is 42.5 Å². The lowest BCUT2D eigenvalue weighted by Crippen LogP contribution is -2.32. The van der Waals surface area contributed by atoms with Gasteiger partial charge in [-0.25, -0.2) is 4.90 Å². The van der Waals surface area contributed by atoms with Gasteiger partial charge >= 0.3 is 0 Å². The number of benzene rings is 4. The van der Waals surface area contributed by atoms with E-state index in [0.717, 1.165) is 16.3 Å². The van der Waals surface area contributed by atoms with Crippen LogP contribution in [0.25, 0.3) is 0 Å². The SMILES string of the molecule is COc1ccc(OC)c(N2C(=O)C(Cl)=C(Nc3cccc(C(=O)Nc4ccc(Nc5ccccc5)cc4)c3)C2=O)c1. The first-order valence-electron chi connectivity index (χ1n) is 12.5. The van der Waals surface area contributed by atoms with Crippen LogP contribution in [0, 0.1) is 0 Å². The van der Waals surface area contributed by atoms with Gasteiger partial charge < -0.3 is 25.4 Å². The molecule has 0 spiro atoms. The van der Waals surface area contributed by atoms with Crippen LogP contribution >= 0.6 is 11.6 Å². The second-order valence-electron chi connectivity index (χ2n) is 8.90. The fourth-order valence-corrected chi connectivity index (χ4v) is 4.43. The minimum Gasteiger partial charge on any atom is -0.497 e. The molecule has 3 amide bonds. The Morgan fingerprint density at radius 2 is 1.39 bits per heavy atom. The van der Waals surface area contributed by atoms with Crippen molar-refractivity contribution < 1.29 is 23.9 Å². The molecule has 4 aromatic rings. The monoisotopic (exact) mass is 568 g/mol. The van der Waals surface area contributed by atoms with Crippen molar-refractivity contribution in [2.45, 2.75) is 0 Å². The number of methoxy groups -OCH3 is 2. The quantitative estimate of drug-likeness (QED) is 0.208. The van der Waals surface area contributed by atoms with E-state index in [9.17, 15) is 14.4 Å². The predicted octanol–water partition coefficient (Wildman–Crippen LogP) is 6.14. The van der Waals surface area contributed by atoms with Gasteiger partial charge in [-0.2, -0.15) is 0 Å². The van der Waals surface area contributed by atoms with E-state index in [-0.39, 0.29) is 22.3 Å². The summed E-state index contributed by atoms with van der Waals surface area (Å²) in [7, 11) is 2.90. The number of nitrogens with one attached hydrogen (secondary N) is 3. The van der Waals surface area contributed by atoms with Crippen LogP contribution in [-0.2, 0) is 9.59 Å². The molecule has 0 aromatic heterocycles. The molecule has 41 heavy (non-hydrogen) atoms. The molecule has 0 radical (unpaired) electrons. The number of hydrogen-bond donors (Lipinski definition) is 3. The fraction of sp³-hybridized carbons (Fsp3) is 0.0645. The van der Waals surface area contributed by atoms with Crippen LogP contribution in [0.4, 0.5) is 28.4 Å². The summed E-state index contributed by atoms with van der Waals surface area (Å²) < 4.78 is 10.6. The third-order valence-corrected chi connectivity index (χ3v) is 6.60. The first-order valence-corrected chi connectivity index (χ1v) is 12.9. The molecule has 1 aliphatic heterocycles. The Hall–Kier alpha value is -5.28. The third kappa shape index (κ3) is 5.85. The highest BCUT2D eigenvalue weighted by Crippen LogP contribution is 2.38. The van der Waals surface area contributed by atoms with Crippen molar-refractivity contribution in [1.29, 1.82) is 0 Å². The molecule has 0 atom stereocenters. The van der Waals surface area contributed by atoms with Gasteiger partial charge in [0.1, 0.15) is 22.2 Å². The molecule has 1 heterocycles. The summed E-state index contributed by atoms with van der Waals surface area (Å²) in [6, 6.07) is 28.3. The average Bonchev–Trinajstić information content (AvgIpc) is 3.21. The Kier molecular flexibility index (Phi) is 7.89. The van der Waals surface area contributed by atoms with Crippen molar-refractivity contribution in [3.8, 4) is 11.5 Å². The van der Waals surface area contributed by atoms with Crippen LogP contribution in [0.2, 0.25) is 0 Å². The summed E-state index contributed by atoms with van der Waals surface area (Å²) in [5, 5.41) is 8.76. The van der Waals surface area contributed by atoms with Crippen molar-refractivity contribution in [2.75, 3.05) is 35.1 Å². The summed E-state index contributed by atoms with van der Waals surface area (Å²) >= 11 is 6.31. The smallest absolute Gasteiger partial charge is 0.283 e. The number of nitrogens with zero attached hydrogens (tertiary/aromatic N) is 1. The van der Waals surface area contributed by atoms with Crippen LogP contribution < -0.4 is 30.3 Å². The maximum Gasteiger partial charge on any atom is 0.283 e. The molecule has 3 N–H and O–H groups in total. The fourth-order valence-electron chi connectivity index (χ4n) is 4.21. The summed E-state index contributed by atoms with van der Waals surface area (Å²) in [4.78, 5) is 40.2. The van der Waals surface area contributed by atoms with Gasteiger partial charge in [0.25, 0.3) is 17.7 Å². The molecular formula is C31H25ClN4O5. The first-order chi connectivity index (χ1) is 19.9. The molecule has 206 valence electrons. The summed E-state index contributed by atoms with van der Waals surface area (Å²) in [6.45, 7) is 0. The van der Waals surface area contributed by atoms with Crippen molar-refractivity contribution in [1.82, 2.24) is 0 Å². The Labute approximate surface area is 241 Å². The molecule has 0 unspecified atom stereocenters. The van der Waals surface area contributed by atoms with E-state index in [0.29, 0.717) is 28.4 Å². The van der Waals surface area contributed by atoms with Gasteiger partial charge in [-0.15, -0.1) is 0 Å². The minimum atomic E-state index is -0.718. The number of anilines is 5. The molecule has 0 saturated heterocycles. The Balaban J connectivity index is 1.29. The van der Waals surface area contributed by atoms with E-state index in [1.54, 1.807) is 48.5 Å². The number of carbonyl (C=O) groups is 3. The van der Waals surface area contributed by atoms with Gasteiger partial charge in [-0.05, 0) is 66.7 Å². The van der Waals surface area contributed by atoms with E-state index < -0.39 is 11.8 Å². The van der Waals surface area contributed by atoms with Crippen LogP contribution in [0.1, 0.15) is 10.4 Å². The lowest BCUT2D eigenvalue weighted by atomic mass is 10.1. The molecule has 0 aliphatic carbocycles. The zero-order chi connectivity index (χ0) is 28.9. The maximum atomic E-state index is 13.3. The Morgan fingerprint density at radius 1 is 0.707 bits per heavy atom. The third-order valence-electron chi connectivity index (χ3n) is 6.25. The van der Waals surface area contributed by atoms with E-state index in [4.69, 9.17) is 21.1 Å². The van der Waals surface area contributed by atoms with E-state index in [2.05, 4.69) is 16.0 Å². The first kappa shape index (κ1) is 27.3. The standard InChI is InChI=1S/C31H25ClN4O5/c1-40-24-15-16-26(41-2)25(18-24)36-30(38)27(32)28(31(36)39)34-23-10-6-7-19(17-23)29(37)35-22-13-11-21(12-14-22)33-20-8-4-3-5-9-20/h3-18,33-34H,1-2H3,(H,35,37). The summed E-state index contributed by atoms with van der Waals surface area (Å²) in [5.41, 5.74) is 3.24. The van der Waals surface area contributed by atoms with Crippen molar-refractivity contribution in [2.24, 2.45) is 0 Å². The molecule has 10 heteroatoms. The van der Waals surface area contributed by atoms with Crippen molar-refractivity contribution in [3.05, 3.63) is 113 Å². The zero-order valence-corrected chi connectivity index (χ0v) is 22.9. The normalized spacial score (nSPS) is 12.8. The highest BCUT2D eigenvalue weighted by molar-refractivity contribution is 6.53. The highest BCUT2D eigenvalue weighted by atomic mass is 35.5. The van der Waals surface area contributed by atoms with Gasteiger partial charge in [0, 0.05) is 34.4 Å². The predicted molar refractivity (Wildman–Crippen MR) is 159 cm³/mol. The van der Waals surface area contributed by atoms with Gasteiger partial charge in [0.05, 0.1) is 19.9 Å². The summed E-state index contributed by atoms with van der Waals surface area (Å²) in [6.07, 6.45) is 0. The minimum absolute atomic E-state index is 0.124. The number of imide groups is 1. The van der Waals surface area contributed by atoms with Crippen LogP contribution in [0.15, 0.2) is 108 Å². The van der Waals surface area contributed by atoms with Gasteiger partial charge in [0.2, 0.25) is 0 Å². The van der Waals surface area contributed by atoms with Crippen LogP contribution in [-0.4, -0.2) is 31.9 Å². The Morgan fingerprint density at radius 3 is 2.10 bits per heavy atom. The van der Waals surface area contributed by atoms with Crippen molar-refractivity contribution >= 4 is 57.8 Å². The number of hydrogen-bond acceptors (Lipinski definition) is 7. The van der Waals surface area contributed by atoms with Crippen LogP contribution in [0.5, 0.6) is 11.5 Å². The second kappa shape index (κ2) is 11.8. The second-order valence-corrected chi connectivity index (χ2v) is 9.28. The number of rotatable bonds is 9. The molecule has 4 aromatic carbocycles. The zero-order valence-electron chi connectivity index (χ0n) is 22.1. The van der Waals surface area contributed by atoms with Crippen LogP contribution in [0.3, 0.4) is 0 Å². The van der Waals surface area contributed by atoms with Gasteiger partial charge in [-0.3, -0.25) is 14.4 Å². The van der Waals surface area contributed by atoms with Gasteiger partial charge in [-0.1, -0.05) is 35.9 Å². The number of carbonyl (C=O) groups excluding carboxylic acids is 3. The van der Waals surface area contributed by atoms with E-state index >= 15 is 0 Å². The number of halogens is 1. The number of para-hydroxylation sites is 1. The largest absolute Gasteiger partial charge is 0.497 e. The molecule has 9 nitrogen and oxygen atoms in total. The average molecular weight is 569 g/mol. The van der Waals surface area contributed by atoms with E-state index in [1.165, 1.54) is 20.3 Å². The molecule has 0 bridgehead atoms. The molecular weight excluding hydrogens is 544 g/mol.